The Morgan fingerprint density at radius 2 is 1.85 bits per heavy atom. The molecule has 0 atom stereocenters. The standard InChI is InChI=1S/C18H23NO/c1-18(10-5-11-18)13-19-12-14-8-9-17(20-2)16-7-4-3-6-15(14)16/h3-4,6-9,19H,5,10-13H2,1-2H3. The summed E-state index contributed by atoms with van der Waals surface area (Å²) in [5, 5.41) is 6.12. The van der Waals surface area contributed by atoms with E-state index in [0.717, 1.165) is 18.8 Å². The van der Waals surface area contributed by atoms with Crippen LogP contribution in [-0.2, 0) is 6.54 Å². The quantitative estimate of drug-likeness (QED) is 0.881. The third-order valence-electron chi connectivity index (χ3n) is 4.62. The van der Waals surface area contributed by atoms with Crippen molar-refractivity contribution >= 4 is 10.8 Å². The lowest BCUT2D eigenvalue weighted by atomic mass is 9.70. The number of nitrogens with one attached hydrogen (secondary N) is 1. The number of ether oxygens (including phenoxy) is 1. The lowest BCUT2D eigenvalue weighted by Crippen LogP contribution is -2.36. The number of fused-ring (bicyclic) bond motifs is 1. The topological polar surface area (TPSA) is 21.3 Å². The van der Waals surface area contributed by atoms with Crippen molar-refractivity contribution in [3.63, 3.8) is 0 Å². The molecule has 2 heteroatoms. The van der Waals surface area contributed by atoms with Crippen molar-refractivity contribution in [2.45, 2.75) is 32.7 Å². The Hall–Kier alpha value is -1.54. The van der Waals surface area contributed by atoms with Crippen LogP contribution in [0.15, 0.2) is 36.4 Å². The van der Waals surface area contributed by atoms with Crippen molar-refractivity contribution in [3.8, 4) is 5.75 Å². The van der Waals surface area contributed by atoms with E-state index in [-0.39, 0.29) is 0 Å². The summed E-state index contributed by atoms with van der Waals surface area (Å²) in [6, 6.07) is 12.7. The molecule has 0 aliphatic heterocycles. The molecule has 1 saturated carbocycles. The summed E-state index contributed by atoms with van der Waals surface area (Å²) in [6.45, 7) is 4.43. The van der Waals surface area contributed by atoms with Crippen LogP contribution in [0.5, 0.6) is 5.75 Å². The van der Waals surface area contributed by atoms with E-state index in [2.05, 4.69) is 48.6 Å². The van der Waals surface area contributed by atoms with Gasteiger partial charge in [-0.25, -0.2) is 0 Å². The van der Waals surface area contributed by atoms with Gasteiger partial charge in [-0.1, -0.05) is 43.7 Å². The molecule has 2 aromatic rings. The first-order valence-electron chi connectivity index (χ1n) is 7.47. The SMILES string of the molecule is COc1ccc(CNCC2(C)CCC2)c2ccccc12. The summed E-state index contributed by atoms with van der Waals surface area (Å²) in [5.41, 5.74) is 1.88. The van der Waals surface area contributed by atoms with Gasteiger partial charge < -0.3 is 10.1 Å². The highest BCUT2D eigenvalue weighted by Crippen LogP contribution is 2.39. The van der Waals surface area contributed by atoms with Gasteiger partial charge in [-0.05, 0) is 35.3 Å². The molecule has 0 spiro atoms. The Labute approximate surface area is 121 Å². The van der Waals surface area contributed by atoms with Crippen LogP contribution in [0, 0.1) is 5.41 Å². The van der Waals surface area contributed by atoms with Crippen LogP contribution < -0.4 is 10.1 Å². The third-order valence-corrected chi connectivity index (χ3v) is 4.62. The molecular formula is C18H23NO. The lowest BCUT2D eigenvalue weighted by molar-refractivity contribution is 0.156. The predicted octanol–water partition coefficient (Wildman–Crippen LogP) is 4.13. The zero-order chi connectivity index (χ0) is 14.0. The smallest absolute Gasteiger partial charge is 0.126 e. The van der Waals surface area contributed by atoms with Crippen LogP contribution in [0.4, 0.5) is 0 Å². The number of rotatable bonds is 5. The van der Waals surface area contributed by atoms with E-state index < -0.39 is 0 Å². The van der Waals surface area contributed by atoms with Gasteiger partial charge in [0, 0.05) is 18.5 Å². The van der Waals surface area contributed by atoms with Gasteiger partial charge in [-0.2, -0.15) is 0 Å². The van der Waals surface area contributed by atoms with Crippen molar-refractivity contribution in [3.05, 3.63) is 42.0 Å². The van der Waals surface area contributed by atoms with Crippen LogP contribution in [-0.4, -0.2) is 13.7 Å². The first-order chi connectivity index (χ1) is 9.72. The van der Waals surface area contributed by atoms with Crippen LogP contribution in [0.25, 0.3) is 10.8 Å². The predicted molar refractivity (Wildman–Crippen MR) is 84.2 cm³/mol. The van der Waals surface area contributed by atoms with Crippen LogP contribution >= 0.6 is 0 Å². The number of benzene rings is 2. The van der Waals surface area contributed by atoms with E-state index in [1.807, 2.05) is 0 Å². The largest absolute Gasteiger partial charge is 0.496 e. The molecule has 0 aromatic heterocycles. The molecule has 20 heavy (non-hydrogen) atoms. The molecule has 0 bridgehead atoms. The minimum absolute atomic E-state index is 0.530. The van der Waals surface area contributed by atoms with Gasteiger partial charge in [-0.15, -0.1) is 0 Å². The molecule has 2 aromatic carbocycles. The molecule has 1 fully saturated rings. The summed E-state index contributed by atoms with van der Waals surface area (Å²) < 4.78 is 5.45. The Morgan fingerprint density at radius 3 is 2.50 bits per heavy atom. The fraction of sp³-hybridized carbons (Fsp3) is 0.444. The molecule has 0 amide bonds. The van der Waals surface area contributed by atoms with E-state index in [1.54, 1.807) is 7.11 Å². The van der Waals surface area contributed by atoms with Gasteiger partial charge >= 0.3 is 0 Å². The fourth-order valence-electron chi connectivity index (χ4n) is 3.12. The van der Waals surface area contributed by atoms with Gasteiger partial charge in [0.05, 0.1) is 7.11 Å². The molecule has 3 rings (SSSR count). The average Bonchev–Trinajstić information content (AvgIpc) is 2.45. The molecule has 1 aliphatic carbocycles. The second kappa shape index (κ2) is 5.45. The van der Waals surface area contributed by atoms with E-state index in [9.17, 15) is 0 Å². The highest BCUT2D eigenvalue weighted by Gasteiger charge is 2.30. The van der Waals surface area contributed by atoms with Gasteiger partial charge in [0.25, 0.3) is 0 Å². The van der Waals surface area contributed by atoms with Crippen molar-refractivity contribution in [2.24, 2.45) is 5.41 Å². The summed E-state index contributed by atoms with van der Waals surface area (Å²) in [4.78, 5) is 0. The zero-order valence-electron chi connectivity index (χ0n) is 12.4. The third kappa shape index (κ3) is 2.53. The minimum atomic E-state index is 0.530. The van der Waals surface area contributed by atoms with Crippen molar-refractivity contribution in [2.75, 3.05) is 13.7 Å². The summed E-state index contributed by atoms with van der Waals surface area (Å²) in [7, 11) is 1.73. The van der Waals surface area contributed by atoms with Crippen molar-refractivity contribution in [1.82, 2.24) is 5.32 Å². The Morgan fingerprint density at radius 1 is 1.10 bits per heavy atom. The Bertz CT molecular complexity index is 601. The van der Waals surface area contributed by atoms with E-state index in [0.29, 0.717) is 5.41 Å². The van der Waals surface area contributed by atoms with Crippen LogP contribution in [0.1, 0.15) is 31.7 Å². The zero-order valence-corrected chi connectivity index (χ0v) is 12.4. The monoisotopic (exact) mass is 269 g/mol. The Balaban J connectivity index is 1.77. The van der Waals surface area contributed by atoms with Gasteiger partial charge in [0.1, 0.15) is 5.75 Å². The number of methoxy groups -OCH3 is 1. The maximum atomic E-state index is 5.45. The lowest BCUT2D eigenvalue weighted by Gasteiger charge is -2.38. The summed E-state index contributed by atoms with van der Waals surface area (Å²) in [6.07, 6.45) is 4.12. The number of hydrogen-bond donors (Lipinski definition) is 1. The van der Waals surface area contributed by atoms with Crippen LogP contribution in [0.3, 0.4) is 0 Å². The Kier molecular flexibility index (Phi) is 3.66. The van der Waals surface area contributed by atoms with Gasteiger partial charge in [-0.3, -0.25) is 0 Å². The maximum absolute atomic E-state index is 5.45. The van der Waals surface area contributed by atoms with Crippen molar-refractivity contribution in [1.29, 1.82) is 0 Å². The van der Waals surface area contributed by atoms with Crippen molar-refractivity contribution < 1.29 is 4.74 Å². The maximum Gasteiger partial charge on any atom is 0.126 e. The van der Waals surface area contributed by atoms with E-state index >= 15 is 0 Å². The van der Waals surface area contributed by atoms with Gasteiger partial charge in [0.2, 0.25) is 0 Å². The van der Waals surface area contributed by atoms with Crippen LogP contribution in [0.2, 0.25) is 0 Å². The average molecular weight is 269 g/mol. The molecule has 1 N–H and O–H groups in total. The van der Waals surface area contributed by atoms with E-state index in [1.165, 1.54) is 35.6 Å². The second-order valence-corrected chi connectivity index (χ2v) is 6.24. The molecule has 2 nitrogen and oxygen atoms in total. The highest BCUT2D eigenvalue weighted by molar-refractivity contribution is 5.91. The fourth-order valence-corrected chi connectivity index (χ4v) is 3.12. The molecule has 0 unspecified atom stereocenters. The molecule has 106 valence electrons. The molecule has 1 aliphatic rings. The summed E-state index contributed by atoms with van der Waals surface area (Å²) in [5.74, 6) is 0.954. The first kappa shape index (κ1) is 13.4. The van der Waals surface area contributed by atoms with Gasteiger partial charge in [0.15, 0.2) is 0 Å². The number of hydrogen-bond acceptors (Lipinski definition) is 2. The molecule has 0 radical (unpaired) electrons. The minimum Gasteiger partial charge on any atom is -0.496 e. The molecule has 0 heterocycles. The summed E-state index contributed by atoms with van der Waals surface area (Å²) >= 11 is 0. The first-order valence-corrected chi connectivity index (χ1v) is 7.47. The molecule has 0 saturated heterocycles. The molecular weight excluding hydrogens is 246 g/mol. The second-order valence-electron chi connectivity index (χ2n) is 6.24. The highest BCUT2D eigenvalue weighted by atomic mass is 16.5. The normalized spacial score (nSPS) is 16.9. The van der Waals surface area contributed by atoms with E-state index in [4.69, 9.17) is 4.74 Å².